The van der Waals surface area contributed by atoms with E-state index in [9.17, 15) is 9.59 Å². The van der Waals surface area contributed by atoms with Gasteiger partial charge in [-0.3, -0.25) is 9.59 Å². The van der Waals surface area contributed by atoms with Crippen LogP contribution in [0.25, 0.3) is 0 Å². The lowest BCUT2D eigenvalue weighted by molar-refractivity contribution is -0.121. The Bertz CT molecular complexity index is 532. The predicted octanol–water partition coefficient (Wildman–Crippen LogP) is 1.30. The molecule has 2 amide bonds. The topological polar surface area (TPSA) is 70.2 Å². The van der Waals surface area contributed by atoms with Gasteiger partial charge in [-0.2, -0.15) is 0 Å². The molecule has 0 bridgehead atoms. The zero-order valence-corrected chi connectivity index (χ0v) is 12.2. The van der Waals surface area contributed by atoms with Gasteiger partial charge in [-0.05, 0) is 44.9 Å². The summed E-state index contributed by atoms with van der Waals surface area (Å²) in [4.78, 5) is 23.6. The summed E-state index contributed by atoms with van der Waals surface area (Å²) in [6, 6.07) is 5.58. The molecule has 0 aromatic heterocycles. The van der Waals surface area contributed by atoms with Gasteiger partial charge in [0.15, 0.2) is 0 Å². The number of hydrogen-bond donors (Lipinski definition) is 3. The molecule has 1 aliphatic rings. The number of carbonyl (C=O) groups is 2. The van der Waals surface area contributed by atoms with E-state index >= 15 is 0 Å². The van der Waals surface area contributed by atoms with Crippen LogP contribution in [0.5, 0.6) is 0 Å². The van der Waals surface area contributed by atoms with Crippen LogP contribution in [0.1, 0.15) is 36.7 Å². The molecule has 20 heavy (non-hydrogen) atoms. The molecule has 0 unspecified atom stereocenters. The summed E-state index contributed by atoms with van der Waals surface area (Å²) in [5.74, 6) is -0.421. The molecule has 1 heterocycles. The van der Waals surface area contributed by atoms with Crippen molar-refractivity contribution in [2.75, 3.05) is 18.4 Å². The molecule has 1 aromatic carbocycles. The highest BCUT2D eigenvalue weighted by atomic mass is 16.2. The van der Waals surface area contributed by atoms with Crippen LogP contribution >= 0.6 is 0 Å². The minimum absolute atomic E-state index is 0.0133. The Morgan fingerprint density at radius 3 is 2.75 bits per heavy atom. The summed E-state index contributed by atoms with van der Waals surface area (Å²) in [6.45, 7) is 6.60. The Balaban J connectivity index is 1.91. The summed E-state index contributed by atoms with van der Waals surface area (Å²) < 4.78 is 0. The summed E-state index contributed by atoms with van der Waals surface area (Å²) in [6.07, 6.45) is 0.991. The minimum Gasteiger partial charge on any atom is -0.384 e. The Hall–Kier alpha value is -2.04. The molecular formula is C15H21N3O2. The van der Waals surface area contributed by atoms with E-state index in [4.69, 9.17) is 0 Å². The van der Waals surface area contributed by atoms with Crippen molar-refractivity contribution in [3.8, 4) is 0 Å². The van der Waals surface area contributed by atoms with Crippen molar-refractivity contribution in [2.45, 2.75) is 32.7 Å². The third kappa shape index (κ3) is 3.73. The monoisotopic (exact) mass is 275 g/mol. The van der Waals surface area contributed by atoms with E-state index in [2.05, 4.69) is 16.0 Å². The van der Waals surface area contributed by atoms with Crippen molar-refractivity contribution in [3.05, 3.63) is 29.3 Å². The van der Waals surface area contributed by atoms with E-state index < -0.39 is 0 Å². The number of rotatable bonds is 3. The molecule has 0 spiro atoms. The third-order valence-electron chi connectivity index (χ3n) is 3.01. The molecule has 5 heteroatoms. The van der Waals surface area contributed by atoms with Gasteiger partial charge in [-0.25, -0.2) is 0 Å². The number of fused-ring (bicyclic) bond motifs is 1. The number of amides is 2. The van der Waals surface area contributed by atoms with Gasteiger partial charge in [0, 0.05) is 23.3 Å². The average molecular weight is 275 g/mol. The third-order valence-corrected chi connectivity index (χ3v) is 3.01. The predicted molar refractivity (Wildman–Crippen MR) is 78.9 cm³/mol. The largest absolute Gasteiger partial charge is 0.384 e. The first-order valence-corrected chi connectivity index (χ1v) is 6.81. The van der Waals surface area contributed by atoms with Crippen LogP contribution in [0.15, 0.2) is 18.2 Å². The molecule has 0 saturated heterocycles. The van der Waals surface area contributed by atoms with Gasteiger partial charge in [-0.15, -0.1) is 0 Å². The number of nitrogens with one attached hydrogen (secondary N) is 3. The second kappa shape index (κ2) is 5.53. The summed E-state index contributed by atoms with van der Waals surface area (Å²) >= 11 is 0. The van der Waals surface area contributed by atoms with Crippen molar-refractivity contribution in [1.29, 1.82) is 0 Å². The van der Waals surface area contributed by atoms with Gasteiger partial charge in [0.2, 0.25) is 5.91 Å². The SMILES string of the molecule is CC(C)(C)NC(=O)CNC(=O)c1ccc2c(c1)NCC2. The number of anilines is 1. The van der Waals surface area contributed by atoms with Gasteiger partial charge >= 0.3 is 0 Å². The molecule has 5 nitrogen and oxygen atoms in total. The zero-order valence-electron chi connectivity index (χ0n) is 12.2. The molecule has 0 radical (unpaired) electrons. The fourth-order valence-electron chi connectivity index (χ4n) is 2.16. The fraction of sp³-hybridized carbons (Fsp3) is 0.467. The van der Waals surface area contributed by atoms with Crippen LogP contribution in [-0.4, -0.2) is 30.4 Å². The second-order valence-corrected chi connectivity index (χ2v) is 6.03. The quantitative estimate of drug-likeness (QED) is 0.778. The number of benzene rings is 1. The Labute approximate surface area is 119 Å². The van der Waals surface area contributed by atoms with E-state index in [1.54, 1.807) is 6.07 Å². The van der Waals surface area contributed by atoms with E-state index in [-0.39, 0.29) is 23.9 Å². The molecule has 0 atom stereocenters. The maximum atomic E-state index is 12.0. The zero-order chi connectivity index (χ0) is 14.8. The maximum Gasteiger partial charge on any atom is 0.251 e. The van der Waals surface area contributed by atoms with Gasteiger partial charge < -0.3 is 16.0 Å². The maximum absolute atomic E-state index is 12.0. The normalized spacial score (nSPS) is 13.3. The highest BCUT2D eigenvalue weighted by Gasteiger charge is 2.16. The molecule has 3 N–H and O–H groups in total. The van der Waals surface area contributed by atoms with Crippen molar-refractivity contribution >= 4 is 17.5 Å². The highest BCUT2D eigenvalue weighted by molar-refractivity contribution is 5.97. The first-order chi connectivity index (χ1) is 9.35. The van der Waals surface area contributed by atoms with Crippen LogP contribution in [-0.2, 0) is 11.2 Å². The molecular weight excluding hydrogens is 254 g/mol. The van der Waals surface area contributed by atoms with E-state index in [0.29, 0.717) is 5.56 Å². The second-order valence-electron chi connectivity index (χ2n) is 6.03. The van der Waals surface area contributed by atoms with Gasteiger partial charge in [-0.1, -0.05) is 6.07 Å². The molecule has 1 aliphatic heterocycles. The van der Waals surface area contributed by atoms with Crippen LogP contribution in [0.4, 0.5) is 5.69 Å². The molecule has 0 fully saturated rings. The highest BCUT2D eigenvalue weighted by Crippen LogP contribution is 2.22. The Morgan fingerprint density at radius 2 is 2.05 bits per heavy atom. The molecule has 0 saturated carbocycles. The van der Waals surface area contributed by atoms with Crippen molar-refractivity contribution < 1.29 is 9.59 Å². The summed E-state index contributed by atoms with van der Waals surface area (Å²) in [5, 5.41) is 8.67. The summed E-state index contributed by atoms with van der Waals surface area (Å²) in [5.41, 5.74) is 2.52. The summed E-state index contributed by atoms with van der Waals surface area (Å²) in [7, 11) is 0. The first kappa shape index (κ1) is 14.4. The standard InChI is InChI=1S/C15H21N3O2/c1-15(2,3)18-13(19)9-17-14(20)11-5-4-10-6-7-16-12(10)8-11/h4-5,8,16H,6-7,9H2,1-3H3,(H,17,20)(H,18,19). The van der Waals surface area contributed by atoms with E-state index in [0.717, 1.165) is 18.7 Å². The average Bonchev–Trinajstić information content (AvgIpc) is 2.80. The Kier molecular flexibility index (Phi) is 3.97. The van der Waals surface area contributed by atoms with Crippen molar-refractivity contribution in [3.63, 3.8) is 0 Å². The fourth-order valence-corrected chi connectivity index (χ4v) is 2.16. The van der Waals surface area contributed by atoms with Crippen molar-refractivity contribution in [2.24, 2.45) is 0 Å². The molecule has 0 aliphatic carbocycles. The molecule has 108 valence electrons. The first-order valence-electron chi connectivity index (χ1n) is 6.81. The van der Waals surface area contributed by atoms with Gasteiger partial charge in [0.05, 0.1) is 6.54 Å². The van der Waals surface area contributed by atoms with Gasteiger partial charge in [0.25, 0.3) is 5.91 Å². The number of carbonyl (C=O) groups excluding carboxylic acids is 2. The lowest BCUT2D eigenvalue weighted by Crippen LogP contribution is -2.45. The lowest BCUT2D eigenvalue weighted by Gasteiger charge is -2.20. The van der Waals surface area contributed by atoms with Crippen LogP contribution in [0.2, 0.25) is 0 Å². The molecule has 2 rings (SSSR count). The van der Waals surface area contributed by atoms with E-state index in [1.165, 1.54) is 5.56 Å². The van der Waals surface area contributed by atoms with Gasteiger partial charge in [0.1, 0.15) is 0 Å². The Morgan fingerprint density at radius 1 is 1.30 bits per heavy atom. The lowest BCUT2D eigenvalue weighted by atomic mass is 10.1. The van der Waals surface area contributed by atoms with Crippen LogP contribution < -0.4 is 16.0 Å². The van der Waals surface area contributed by atoms with E-state index in [1.807, 2.05) is 32.9 Å². The van der Waals surface area contributed by atoms with Crippen LogP contribution in [0.3, 0.4) is 0 Å². The smallest absolute Gasteiger partial charge is 0.251 e. The van der Waals surface area contributed by atoms with Crippen molar-refractivity contribution in [1.82, 2.24) is 10.6 Å². The number of hydrogen-bond acceptors (Lipinski definition) is 3. The molecule has 1 aromatic rings. The minimum atomic E-state index is -0.292. The van der Waals surface area contributed by atoms with Crippen LogP contribution in [0, 0.1) is 0 Å².